The highest BCUT2D eigenvalue weighted by Crippen LogP contribution is 2.38. The van der Waals surface area contributed by atoms with E-state index in [4.69, 9.17) is 9.47 Å². The standard InChI is InChI=1S/C20H16F5NO6/c1-29-11-4-5-16(14(8-11)26-15(19(28)31-3)9-17(27)30-2)32-18-12(21)6-10(7-13(18)22)20(23,24)25/h4-9,26H,1-3H3/b15-9+. The number of rotatable bonds is 7. The smallest absolute Gasteiger partial charge is 0.416 e. The van der Waals surface area contributed by atoms with Gasteiger partial charge in [-0.2, -0.15) is 13.2 Å². The number of halogens is 5. The molecule has 32 heavy (non-hydrogen) atoms. The Balaban J connectivity index is 2.52. The fourth-order valence-electron chi connectivity index (χ4n) is 2.33. The van der Waals surface area contributed by atoms with Crippen LogP contribution in [0.15, 0.2) is 42.1 Å². The van der Waals surface area contributed by atoms with E-state index in [1.165, 1.54) is 25.3 Å². The molecular formula is C20H16F5NO6. The normalized spacial score (nSPS) is 11.6. The molecule has 0 aliphatic heterocycles. The van der Waals surface area contributed by atoms with Gasteiger partial charge in [0.25, 0.3) is 0 Å². The lowest BCUT2D eigenvalue weighted by atomic mass is 10.2. The molecule has 0 atom stereocenters. The summed E-state index contributed by atoms with van der Waals surface area (Å²) in [6, 6.07) is 3.88. The van der Waals surface area contributed by atoms with Crippen LogP contribution in [0.25, 0.3) is 0 Å². The third kappa shape index (κ3) is 5.86. The van der Waals surface area contributed by atoms with E-state index in [0.29, 0.717) is 0 Å². The molecule has 0 aliphatic carbocycles. The molecular weight excluding hydrogens is 445 g/mol. The van der Waals surface area contributed by atoms with Gasteiger partial charge in [-0.05, 0) is 24.3 Å². The fourth-order valence-corrected chi connectivity index (χ4v) is 2.33. The van der Waals surface area contributed by atoms with E-state index in [0.717, 1.165) is 20.3 Å². The largest absolute Gasteiger partial charge is 0.497 e. The van der Waals surface area contributed by atoms with Crippen LogP contribution in [-0.4, -0.2) is 33.3 Å². The number of ether oxygens (including phenoxy) is 4. The van der Waals surface area contributed by atoms with E-state index in [-0.39, 0.29) is 29.3 Å². The van der Waals surface area contributed by atoms with E-state index in [1.807, 2.05) is 0 Å². The SMILES string of the molecule is COC(=O)/C=C(/Nc1cc(OC)ccc1Oc1c(F)cc(C(F)(F)F)cc1F)C(=O)OC. The molecule has 0 radical (unpaired) electrons. The van der Waals surface area contributed by atoms with Crippen molar-refractivity contribution in [3.63, 3.8) is 0 Å². The van der Waals surface area contributed by atoms with Gasteiger partial charge in [0.15, 0.2) is 23.1 Å². The monoisotopic (exact) mass is 461 g/mol. The zero-order valence-electron chi connectivity index (χ0n) is 16.8. The van der Waals surface area contributed by atoms with Crippen LogP contribution in [0.2, 0.25) is 0 Å². The topological polar surface area (TPSA) is 83.1 Å². The molecule has 0 spiro atoms. The molecule has 12 heteroatoms. The van der Waals surface area contributed by atoms with Crippen molar-refractivity contribution in [3.05, 3.63) is 59.3 Å². The van der Waals surface area contributed by atoms with E-state index in [2.05, 4.69) is 14.8 Å². The highest BCUT2D eigenvalue weighted by molar-refractivity contribution is 5.99. The summed E-state index contributed by atoms with van der Waals surface area (Å²) in [6.07, 6.45) is -4.23. The molecule has 7 nitrogen and oxygen atoms in total. The van der Waals surface area contributed by atoms with Crippen molar-refractivity contribution in [2.45, 2.75) is 6.18 Å². The van der Waals surface area contributed by atoms with Gasteiger partial charge >= 0.3 is 18.1 Å². The average molecular weight is 461 g/mol. The van der Waals surface area contributed by atoms with Gasteiger partial charge < -0.3 is 24.3 Å². The van der Waals surface area contributed by atoms with Crippen molar-refractivity contribution in [1.29, 1.82) is 0 Å². The summed E-state index contributed by atoms with van der Waals surface area (Å²) in [7, 11) is 3.40. The van der Waals surface area contributed by atoms with Crippen LogP contribution in [0.3, 0.4) is 0 Å². The van der Waals surface area contributed by atoms with E-state index < -0.39 is 46.8 Å². The number of alkyl halides is 3. The van der Waals surface area contributed by atoms with Crippen LogP contribution in [0.1, 0.15) is 5.56 Å². The number of methoxy groups -OCH3 is 3. The lowest BCUT2D eigenvalue weighted by molar-refractivity contribution is -0.138. The molecule has 0 amide bonds. The Bertz CT molecular complexity index is 1030. The van der Waals surface area contributed by atoms with E-state index in [1.54, 1.807) is 0 Å². The first-order chi connectivity index (χ1) is 15.0. The molecule has 1 N–H and O–H groups in total. The van der Waals surface area contributed by atoms with Gasteiger partial charge in [-0.15, -0.1) is 0 Å². The molecule has 0 saturated carbocycles. The zero-order chi connectivity index (χ0) is 24.1. The molecule has 0 aliphatic rings. The molecule has 0 aromatic heterocycles. The Labute approximate surface area is 178 Å². The van der Waals surface area contributed by atoms with Crippen molar-refractivity contribution in [2.24, 2.45) is 0 Å². The molecule has 2 aromatic rings. The predicted molar refractivity (Wildman–Crippen MR) is 100 cm³/mol. The fraction of sp³-hybridized carbons (Fsp3) is 0.200. The second-order valence-electron chi connectivity index (χ2n) is 5.93. The minimum Gasteiger partial charge on any atom is -0.497 e. The van der Waals surface area contributed by atoms with Crippen molar-refractivity contribution in [1.82, 2.24) is 0 Å². The number of hydrogen-bond donors (Lipinski definition) is 1. The minimum atomic E-state index is -4.97. The number of carbonyl (C=O) groups excluding carboxylic acids is 2. The molecule has 2 aromatic carbocycles. The number of hydrogen-bond acceptors (Lipinski definition) is 7. The molecule has 172 valence electrons. The Morgan fingerprint density at radius 1 is 0.969 bits per heavy atom. The Kier molecular flexibility index (Phi) is 7.63. The lowest BCUT2D eigenvalue weighted by Gasteiger charge is -2.16. The van der Waals surface area contributed by atoms with E-state index >= 15 is 0 Å². The predicted octanol–water partition coefficient (Wildman–Crippen LogP) is 4.43. The third-order valence-corrected chi connectivity index (χ3v) is 3.86. The zero-order valence-corrected chi connectivity index (χ0v) is 16.8. The van der Waals surface area contributed by atoms with Crippen molar-refractivity contribution < 1.29 is 50.5 Å². The van der Waals surface area contributed by atoms with Crippen molar-refractivity contribution in [2.75, 3.05) is 26.6 Å². The number of carbonyl (C=O) groups is 2. The molecule has 0 bridgehead atoms. The molecule has 0 heterocycles. The summed E-state index contributed by atoms with van der Waals surface area (Å²) >= 11 is 0. The van der Waals surface area contributed by atoms with Crippen LogP contribution in [-0.2, 0) is 25.2 Å². The lowest BCUT2D eigenvalue weighted by Crippen LogP contribution is -2.16. The second-order valence-corrected chi connectivity index (χ2v) is 5.93. The summed E-state index contributed by atoms with van der Waals surface area (Å²) in [4.78, 5) is 23.5. The number of esters is 2. The van der Waals surface area contributed by atoms with Crippen LogP contribution in [0.5, 0.6) is 17.2 Å². The second kappa shape index (κ2) is 9.98. The van der Waals surface area contributed by atoms with Crippen molar-refractivity contribution >= 4 is 17.6 Å². The van der Waals surface area contributed by atoms with Gasteiger partial charge in [-0.3, -0.25) is 0 Å². The molecule has 2 rings (SSSR count). The molecule has 0 fully saturated rings. The summed E-state index contributed by atoms with van der Waals surface area (Å²) in [5.41, 5.74) is -2.11. The Morgan fingerprint density at radius 2 is 1.59 bits per heavy atom. The number of nitrogens with one attached hydrogen (secondary N) is 1. The Hall–Kier alpha value is -3.83. The first-order valence-corrected chi connectivity index (χ1v) is 8.57. The Morgan fingerprint density at radius 3 is 2.09 bits per heavy atom. The van der Waals surface area contributed by atoms with Crippen LogP contribution in [0, 0.1) is 11.6 Å². The maximum absolute atomic E-state index is 14.2. The van der Waals surface area contributed by atoms with Gasteiger partial charge in [0.1, 0.15) is 11.4 Å². The van der Waals surface area contributed by atoms with Gasteiger partial charge in [-0.25, -0.2) is 18.4 Å². The first-order valence-electron chi connectivity index (χ1n) is 8.57. The number of benzene rings is 2. The summed E-state index contributed by atoms with van der Waals surface area (Å²) < 4.78 is 85.9. The minimum absolute atomic E-state index is 0.0755. The molecule has 0 saturated heterocycles. The van der Waals surface area contributed by atoms with Gasteiger partial charge in [0.2, 0.25) is 0 Å². The first kappa shape index (κ1) is 24.4. The number of anilines is 1. The summed E-state index contributed by atoms with van der Waals surface area (Å²) in [5.74, 6) is -6.39. The highest BCUT2D eigenvalue weighted by Gasteiger charge is 2.33. The summed E-state index contributed by atoms with van der Waals surface area (Å²) in [6.45, 7) is 0. The van der Waals surface area contributed by atoms with Gasteiger partial charge in [-0.1, -0.05) is 0 Å². The molecule has 0 unspecified atom stereocenters. The van der Waals surface area contributed by atoms with Crippen LogP contribution >= 0.6 is 0 Å². The quantitative estimate of drug-likeness (QED) is 0.371. The summed E-state index contributed by atoms with van der Waals surface area (Å²) in [5, 5.41) is 2.49. The van der Waals surface area contributed by atoms with Crippen LogP contribution < -0.4 is 14.8 Å². The van der Waals surface area contributed by atoms with Gasteiger partial charge in [0, 0.05) is 6.07 Å². The van der Waals surface area contributed by atoms with Crippen molar-refractivity contribution in [3.8, 4) is 17.2 Å². The van der Waals surface area contributed by atoms with Crippen LogP contribution in [0.4, 0.5) is 27.6 Å². The maximum Gasteiger partial charge on any atom is 0.416 e. The maximum atomic E-state index is 14.2. The van der Waals surface area contributed by atoms with E-state index in [9.17, 15) is 31.5 Å². The van der Waals surface area contributed by atoms with Gasteiger partial charge in [0.05, 0.1) is 38.7 Å². The third-order valence-electron chi connectivity index (χ3n) is 3.86. The highest BCUT2D eigenvalue weighted by atomic mass is 19.4. The average Bonchev–Trinajstić information content (AvgIpc) is 2.74.